The number of benzene rings is 2. The average Bonchev–Trinajstić information content (AvgIpc) is 2.47. The SMILES string of the molecule is COCc1cccc(OC)c1-c1ccc(OC)cc1. The maximum atomic E-state index is 5.46. The first-order chi connectivity index (χ1) is 9.30. The minimum atomic E-state index is 0.554. The Kier molecular flexibility index (Phi) is 4.42. The van der Waals surface area contributed by atoms with Crippen LogP contribution in [-0.4, -0.2) is 21.3 Å². The highest BCUT2D eigenvalue weighted by Gasteiger charge is 2.11. The predicted molar refractivity (Wildman–Crippen MR) is 75.7 cm³/mol. The summed E-state index contributed by atoms with van der Waals surface area (Å²) in [7, 11) is 5.03. The molecule has 19 heavy (non-hydrogen) atoms. The molecule has 100 valence electrons. The molecule has 0 aliphatic heterocycles. The molecule has 0 atom stereocenters. The summed E-state index contributed by atoms with van der Waals surface area (Å²) in [6.07, 6.45) is 0. The fraction of sp³-hybridized carbons (Fsp3) is 0.250. The van der Waals surface area contributed by atoms with E-state index in [0.717, 1.165) is 28.2 Å². The van der Waals surface area contributed by atoms with Gasteiger partial charge >= 0.3 is 0 Å². The molecular weight excluding hydrogens is 240 g/mol. The molecule has 0 amide bonds. The molecule has 0 saturated carbocycles. The lowest BCUT2D eigenvalue weighted by atomic mass is 9.99. The van der Waals surface area contributed by atoms with E-state index in [9.17, 15) is 0 Å². The van der Waals surface area contributed by atoms with E-state index in [1.54, 1.807) is 21.3 Å². The minimum Gasteiger partial charge on any atom is -0.497 e. The summed E-state index contributed by atoms with van der Waals surface area (Å²) in [6, 6.07) is 13.9. The molecule has 0 heterocycles. The Balaban J connectivity index is 2.51. The minimum absolute atomic E-state index is 0.554. The van der Waals surface area contributed by atoms with Crippen LogP contribution in [0.15, 0.2) is 42.5 Å². The molecule has 0 bridgehead atoms. The first kappa shape index (κ1) is 13.4. The fourth-order valence-electron chi connectivity index (χ4n) is 2.11. The highest BCUT2D eigenvalue weighted by atomic mass is 16.5. The second-order valence-electron chi connectivity index (χ2n) is 4.16. The van der Waals surface area contributed by atoms with Gasteiger partial charge in [0.2, 0.25) is 0 Å². The van der Waals surface area contributed by atoms with Gasteiger partial charge in [0.15, 0.2) is 0 Å². The van der Waals surface area contributed by atoms with Crippen molar-refractivity contribution in [2.45, 2.75) is 6.61 Å². The lowest BCUT2D eigenvalue weighted by molar-refractivity contribution is 0.185. The van der Waals surface area contributed by atoms with E-state index in [0.29, 0.717) is 6.61 Å². The molecule has 2 aromatic rings. The topological polar surface area (TPSA) is 27.7 Å². The summed E-state index contributed by atoms with van der Waals surface area (Å²) in [5.74, 6) is 1.69. The zero-order valence-corrected chi connectivity index (χ0v) is 11.5. The first-order valence-electron chi connectivity index (χ1n) is 6.09. The molecule has 0 aliphatic carbocycles. The Bertz CT molecular complexity index is 532. The maximum Gasteiger partial charge on any atom is 0.127 e. The highest BCUT2D eigenvalue weighted by Crippen LogP contribution is 2.34. The normalized spacial score (nSPS) is 10.3. The van der Waals surface area contributed by atoms with Crippen molar-refractivity contribution >= 4 is 0 Å². The quantitative estimate of drug-likeness (QED) is 0.821. The van der Waals surface area contributed by atoms with Crippen molar-refractivity contribution in [1.82, 2.24) is 0 Å². The van der Waals surface area contributed by atoms with Crippen LogP contribution in [0.3, 0.4) is 0 Å². The van der Waals surface area contributed by atoms with Gasteiger partial charge in [-0.3, -0.25) is 0 Å². The van der Waals surface area contributed by atoms with Crippen LogP contribution in [0.2, 0.25) is 0 Å². The summed E-state index contributed by atoms with van der Waals surface area (Å²) >= 11 is 0. The van der Waals surface area contributed by atoms with Crippen LogP contribution in [0.5, 0.6) is 11.5 Å². The van der Waals surface area contributed by atoms with Crippen LogP contribution in [-0.2, 0) is 11.3 Å². The van der Waals surface area contributed by atoms with Crippen LogP contribution in [0.4, 0.5) is 0 Å². The molecule has 0 N–H and O–H groups in total. The van der Waals surface area contributed by atoms with Crippen molar-refractivity contribution < 1.29 is 14.2 Å². The lowest BCUT2D eigenvalue weighted by Crippen LogP contribution is -1.96. The third-order valence-corrected chi connectivity index (χ3v) is 3.01. The van der Waals surface area contributed by atoms with Crippen LogP contribution in [0.1, 0.15) is 5.56 Å². The number of hydrogen-bond acceptors (Lipinski definition) is 3. The monoisotopic (exact) mass is 258 g/mol. The number of methoxy groups -OCH3 is 3. The molecule has 0 aromatic heterocycles. The van der Waals surface area contributed by atoms with E-state index >= 15 is 0 Å². The van der Waals surface area contributed by atoms with E-state index in [1.807, 2.05) is 42.5 Å². The largest absolute Gasteiger partial charge is 0.497 e. The molecule has 0 unspecified atom stereocenters. The van der Waals surface area contributed by atoms with Crippen molar-refractivity contribution in [2.24, 2.45) is 0 Å². The van der Waals surface area contributed by atoms with Gasteiger partial charge in [-0.05, 0) is 29.3 Å². The molecule has 2 rings (SSSR count). The van der Waals surface area contributed by atoms with E-state index in [2.05, 4.69) is 0 Å². The van der Waals surface area contributed by atoms with Gasteiger partial charge in [0.25, 0.3) is 0 Å². The molecule has 3 nitrogen and oxygen atoms in total. The van der Waals surface area contributed by atoms with Gasteiger partial charge in [0.1, 0.15) is 11.5 Å². The summed E-state index contributed by atoms with van der Waals surface area (Å²) in [5, 5.41) is 0. The molecule has 0 saturated heterocycles. The zero-order valence-electron chi connectivity index (χ0n) is 11.5. The van der Waals surface area contributed by atoms with Crippen LogP contribution in [0.25, 0.3) is 11.1 Å². The summed E-state index contributed by atoms with van der Waals surface area (Å²) < 4.78 is 15.9. The maximum absolute atomic E-state index is 5.46. The van der Waals surface area contributed by atoms with Gasteiger partial charge in [-0.1, -0.05) is 24.3 Å². The zero-order chi connectivity index (χ0) is 13.7. The summed E-state index contributed by atoms with van der Waals surface area (Å²) in [6.45, 7) is 0.554. The van der Waals surface area contributed by atoms with Gasteiger partial charge < -0.3 is 14.2 Å². The van der Waals surface area contributed by atoms with Crippen molar-refractivity contribution in [1.29, 1.82) is 0 Å². The average molecular weight is 258 g/mol. The third-order valence-electron chi connectivity index (χ3n) is 3.01. The Labute approximate surface area is 113 Å². The Morgan fingerprint density at radius 1 is 0.842 bits per heavy atom. The second-order valence-corrected chi connectivity index (χ2v) is 4.16. The number of ether oxygens (including phenoxy) is 3. The molecular formula is C16H18O3. The second kappa shape index (κ2) is 6.25. The third kappa shape index (κ3) is 2.88. The Hall–Kier alpha value is -2.00. The van der Waals surface area contributed by atoms with E-state index in [1.165, 1.54) is 0 Å². The van der Waals surface area contributed by atoms with Gasteiger partial charge in [-0.2, -0.15) is 0 Å². The molecule has 0 radical (unpaired) electrons. The molecule has 2 aromatic carbocycles. The summed E-state index contributed by atoms with van der Waals surface area (Å²) in [5.41, 5.74) is 3.26. The van der Waals surface area contributed by atoms with Gasteiger partial charge in [-0.15, -0.1) is 0 Å². The first-order valence-corrected chi connectivity index (χ1v) is 6.09. The molecule has 0 spiro atoms. The van der Waals surface area contributed by atoms with E-state index in [-0.39, 0.29) is 0 Å². The lowest BCUT2D eigenvalue weighted by Gasteiger charge is -2.14. The summed E-state index contributed by atoms with van der Waals surface area (Å²) in [4.78, 5) is 0. The van der Waals surface area contributed by atoms with Gasteiger partial charge in [0.05, 0.1) is 20.8 Å². The smallest absolute Gasteiger partial charge is 0.127 e. The van der Waals surface area contributed by atoms with Crippen LogP contribution in [0, 0.1) is 0 Å². The van der Waals surface area contributed by atoms with Crippen molar-refractivity contribution in [3.63, 3.8) is 0 Å². The Morgan fingerprint density at radius 2 is 1.58 bits per heavy atom. The van der Waals surface area contributed by atoms with E-state index < -0.39 is 0 Å². The van der Waals surface area contributed by atoms with Gasteiger partial charge in [-0.25, -0.2) is 0 Å². The van der Waals surface area contributed by atoms with Crippen LogP contribution >= 0.6 is 0 Å². The molecule has 3 heteroatoms. The van der Waals surface area contributed by atoms with Crippen molar-refractivity contribution in [3.8, 4) is 22.6 Å². The van der Waals surface area contributed by atoms with E-state index in [4.69, 9.17) is 14.2 Å². The Morgan fingerprint density at radius 3 is 2.16 bits per heavy atom. The standard InChI is InChI=1S/C16H18O3/c1-17-11-13-5-4-6-15(19-3)16(13)12-7-9-14(18-2)10-8-12/h4-10H,11H2,1-3H3. The molecule has 0 aliphatic rings. The fourth-order valence-corrected chi connectivity index (χ4v) is 2.11. The van der Waals surface area contributed by atoms with Crippen molar-refractivity contribution in [3.05, 3.63) is 48.0 Å². The molecule has 0 fully saturated rings. The van der Waals surface area contributed by atoms with Gasteiger partial charge in [0, 0.05) is 12.7 Å². The van der Waals surface area contributed by atoms with Crippen molar-refractivity contribution in [2.75, 3.05) is 21.3 Å². The highest BCUT2D eigenvalue weighted by molar-refractivity contribution is 5.74. The predicted octanol–water partition coefficient (Wildman–Crippen LogP) is 3.52. The number of rotatable bonds is 5. The van der Waals surface area contributed by atoms with Crippen LogP contribution < -0.4 is 9.47 Å². The number of hydrogen-bond donors (Lipinski definition) is 0.